The second kappa shape index (κ2) is 5.55. The van der Waals surface area contributed by atoms with Crippen LogP contribution in [-0.4, -0.2) is 5.96 Å². The highest BCUT2D eigenvalue weighted by Crippen LogP contribution is 2.19. The zero-order valence-electron chi connectivity index (χ0n) is 7.81. The number of halogens is 5. The van der Waals surface area contributed by atoms with Crippen molar-refractivity contribution in [3.63, 3.8) is 0 Å². The smallest absolute Gasteiger partial charge is 0.197 e. The third-order valence-electron chi connectivity index (χ3n) is 1.61. The monoisotopic (exact) mass is 257 g/mol. The summed E-state index contributed by atoms with van der Waals surface area (Å²) in [7, 11) is 0. The second-order valence-corrected chi connectivity index (χ2v) is 2.70. The topological polar surface area (TPSA) is 64.4 Å². The number of aliphatic imine (C=N–C) groups is 1. The fourth-order valence-corrected chi connectivity index (χ4v) is 0.913. The Morgan fingerprint density at radius 1 is 1.06 bits per heavy atom. The fraction of sp³-hybridized carbons (Fsp3) is 0.125. The Balaban J connectivity index is 0.00000225. The van der Waals surface area contributed by atoms with E-state index in [2.05, 4.69) is 4.99 Å². The molecule has 0 heterocycles. The van der Waals surface area contributed by atoms with Crippen molar-refractivity contribution in [2.45, 2.75) is 6.54 Å². The Hall–Kier alpha value is -1.50. The van der Waals surface area contributed by atoms with Crippen LogP contribution in [0.25, 0.3) is 0 Å². The van der Waals surface area contributed by atoms with Gasteiger partial charge in [0.05, 0.1) is 6.54 Å². The van der Waals surface area contributed by atoms with Gasteiger partial charge in [-0.25, -0.2) is 22.6 Å². The summed E-state index contributed by atoms with van der Waals surface area (Å²) in [5.41, 5.74) is 9.42. The number of hydrogen-bond donors (Lipinski definition) is 2. The Bertz CT molecular complexity index is 418. The summed E-state index contributed by atoms with van der Waals surface area (Å²) in [6, 6.07) is 0.500. The van der Waals surface area contributed by atoms with Crippen molar-refractivity contribution in [2.75, 3.05) is 0 Å². The molecule has 8 heteroatoms. The summed E-state index contributed by atoms with van der Waals surface area (Å²) in [6.45, 7) is -0.456. The fourth-order valence-electron chi connectivity index (χ4n) is 0.913. The van der Waals surface area contributed by atoms with Gasteiger partial charge in [-0.1, -0.05) is 0 Å². The lowest BCUT2D eigenvalue weighted by molar-refractivity contribution is 0.404. The largest absolute Gasteiger partial charge is 0.370 e. The molecule has 0 saturated heterocycles. The lowest BCUT2D eigenvalue weighted by Gasteiger charge is -2.03. The molecule has 0 unspecified atom stereocenters. The molecule has 1 aromatic carbocycles. The van der Waals surface area contributed by atoms with Crippen LogP contribution in [0, 0.1) is 23.3 Å². The van der Waals surface area contributed by atoms with Crippen molar-refractivity contribution in [3.05, 3.63) is 34.9 Å². The van der Waals surface area contributed by atoms with Crippen LogP contribution < -0.4 is 11.5 Å². The van der Waals surface area contributed by atoms with Gasteiger partial charge in [-0.2, -0.15) is 0 Å². The number of nitrogens with zero attached hydrogens (tertiary/aromatic N) is 1. The molecule has 0 amide bonds. The van der Waals surface area contributed by atoms with Crippen LogP contribution in [0.2, 0.25) is 0 Å². The van der Waals surface area contributed by atoms with Crippen molar-refractivity contribution in [3.8, 4) is 0 Å². The molecule has 16 heavy (non-hydrogen) atoms. The normalized spacial score (nSPS) is 9.50. The maximum atomic E-state index is 13.0. The molecule has 0 aliphatic heterocycles. The molecule has 0 atom stereocenters. The number of rotatable bonds is 2. The van der Waals surface area contributed by atoms with E-state index in [4.69, 9.17) is 11.5 Å². The van der Waals surface area contributed by atoms with Crippen molar-refractivity contribution < 1.29 is 17.6 Å². The SMILES string of the molecule is Cl.NC(N)=NCc1cc(F)c(F)c(F)c1F. The molecule has 0 spiro atoms. The van der Waals surface area contributed by atoms with E-state index in [0.29, 0.717) is 6.07 Å². The van der Waals surface area contributed by atoms with E-state index in [9.17, 15) is 17.6 Å². The average molecular weight is 258 g/mol. The van der Waals surface area contributed by atoms with E-state index in [-0.39, 0.29) is 18.4 Å². The molecule has 0 aliphatic carbocycles. The summed E-state index contributed by atoms with van der Waals surface area (Å²) < 4.78 is 50.8. The first-order valence-corrected chi connectivity index (χ1v) is 3.80. The van der Waals surface area contributed by atoms with E-state index in [1.165, 1.54) is 0 Å². The van der Waals surface area contributed by atoms with E-state index in [1.807, 2.05) is 0 Å². The summed E-state index contributed by atoms with van der Waals surface area (Å²) >= 11 is 0. The minimum absolute atomic E-state index is 0. The van der Waals surface area contributed by atoms with E-state index in [1.54, 1.807) is 0 Å². The summed E-state index contributed by atoms with van der Waals surface area (Å²) in [6.07, 6.45) is 0. The van der Waals surface area contributed by atoms with Crippen molar-refractivity contribution >= 4 is 18.4 Å². The Labute approximate surface area is 94.6 Å². The van der Waals surface area contributed by atoms with Gasteiger partial charge in [0.25, 0.3) is 0 Å². The van der Waals surface area contributed by atoms with Gasteiger partial charge < -0.3 is 11.5 Å². The number of hydrogen-bond acceptors (Lipinski definition) is 1. The average Bonchev–Trinajstić information content (AvgIpc) is 2.18. The van der Waals surface area contributed by atoms with Crippen LogP contribution >= 0.6 is 12.4 Å². The molecule has 0 aliphatic rings. The number of guanidine groups is 1. The lowest BCUT2D eigenvalue weighted by Crippen LogP contribution is -2.22. The van der Waals surface area contributed by atoms with Gasteiger partial charge in [-0.15, -0.1) is 12.4 Å². The summed E-state index contributed by atoms with van der Waals surface area (Å²) in [5, 5.41) is 0. The molecule has 0 aromatic heterocycles. The van der Waals surface area contributed by atoms with Crippen LogP contribution in [0.5, 0.6) is 0 Å². The molecule has 0 radical (unpaired) electrons. The second-order valence-electron chi connectivity index (χ2n) is 2.70. The van der Waals surface area contributed by atoms with Gasteiger partial charge in [0.1, 0.15) is 0 Å². The maximum Gasteiger partial charge on any atom is 0.197 e. The zero-order valence-corrected chi connectivity index (χ0v) is 8.62. The zero-order chi connectivity index (χ0) is 11.6. The molecule has 90 valence electrons. The highest BCUT2D eigenvalue weighted by molar-refractivity contribution is 5.85. The highest BCUT2D eigenvalue weighted by atomic mass is 35.5. The van der Waals surface area contributed by atoms with Crippen LogP contribution in [0.4, 0.5) is 17.6 Å². The predicted molar refractivity (Wildman–Crippen MR) is 53.0 cm³/mol. The molecular weight excluding hydrogens is 250 g/mol. The van der Waals surface area contributed by atoms with Crippen molar-refractivity contribution in [1.82, 2.24) is 0 Å². The van der Waals surface area contributed by atoms with Gasteiger partial charge in [-0.3, -0.25) is 0 Å². The quantitative estimate of drug-likeness (QED) is 0.277. The van der Waals surface area contributed by atoms with Gasteiger partial charge in [-0.05, 0) is 6.07 Å². The lowest BCUT2D eigenvalue weighted by atomic mass is 10.2. The minimum atomic E-state index is -1.88. The maximum absolute atomic E-state index is 13.0. The number of nitrogens with two attached hydrogens (primary N) is 2. The Morgan fingerprint density at radius 3 is 2.12 bits per heavy atom. The summed E-state index contributed by atoms with van der Waals surface area (Å²) in [5.74, 6) is -7.09. The van der Waals surface area contributed by atoms with E-state index >= 15 is 0 Å². The van der Waals surface area contributed by atoms with Crippen LogP contribution in [0.1, 0.15) is 5.56 Å². The van der Waals surface area contributed by atoms with Gasteiger partial charge in [0, 0.05) is 5.56 Å². The molecular formula is C8H8ClF4N3. The van der Waals surface area contributed by atoms with Crippen molar-refractivity contribution in [1.29, 1.82) is 0 Å². The standard InChI is InChI=1S/C8H7F4N3.ClH/c9-4-1-3(2-15-8(13)14)5(10)7(12)6(4)11;/h1H,2H2,(H4,13,14,15);1H. The molecule has 0 saturated carbocycles. The third-order valence-corrected chi connectivity index (χ3v) is 1.61. The first-order chi connectivity index (χ1) is 6.93. The molecule has 1 rings (SSSR count). The first-order valence-electron chi connectivity index (χ1n) is 3.80. The molecule has 4 N–H and O–H groups in total. The van der Waals surface area contributed by atoms with E-state index in [0.717, 1.165) is 0 Å². The third kappa shape index (κ3) is 2.99. The van der Waals surface area contributed by atoms with Crippen LogP contribution in [0.3, 0.4) is 0 Å². The van der Waals surface area contributed by atoms with Crippen LogP contribution in [0.15, 0.2) is 11.1 Å². The first kappa shape index (κ1) is 14.5. The Kier molecular flexibility index (Phi) is 5.03. The molecule has 3 nitrogen and oxygen atoms in total. The highest BCUT2D eigenvalue weighted by Gasteiger charge is 2.18. The molecule has 1 aromatic rings. The Morgan fingerprint density at radius 2 is 1.62 bits per heavy atom. The minimum Gasteiger partial charge on any atom is -0.370 e. The molecule has 0 bridgehead atoms. The predicted octanol–water partition coefficient (Wildman–Crippen LogP) is 1.44. The van der Waals surface area contributed by atoms with E-state index < -0.39 is 35.4 Å². The summed E-state index contributed by atoms with van der Waals surface area (Å²) in [4.78, 5) is 3.34. The molecule has 0 fully saturated rings. The van der Waals surface area contributed by atoms with Crippen LogP contribution in [-0.2, 0) is 6.54 Å². The number of benzene rings is 1. The van der Waals surface area contributed by atoms with Gasteiger partial charge in [0.2, 0.25) is 0 Å². The van der Waals surface area contributed by atoms with Gasteiger partial charge >= 0.3 is 0 Å². The van der Waals surface area contributed by atoms with Crippen molar-refractivity contribution in [2.24, 2.45) is 16.5 Å². The van der Waals surface area contributed by atoms with Gasteiger partial charge in [0.15, 0.2) is 29.2 Å².